The fourth-order valence-electron chi connectivity index (χ4n) is 1.61. The van der Waals surface area contributed by atoms with Gasteiger partial charge in [0.2, 0.25) is 0 Å². The second-order valence-electron chi connectivity index (χ2n) is 4.08. The van der Waals surface area contributed by atoms with Crippen LogP contribution in [0.1, 0.15) is 0 Å². The van der Waals surface area contributed by atoms with E-state index in [1.54, 1.807) is 30.3 Å². The number of hydrogen-bond acceptors (Lipinski definition) is 4. The van der Waals surface area contributed by atoms with Gasteiger partial charge in [-0.1, -0.05) is 11.6 Å². The molecule has 0 amide bonds. The van der Waals surface area contributed by atoms with Gasteiger partial charge in [-0.15, -0.1) is 0 Å². The maximum atomic E-state index is 5.83. The smallest absolute Gasteiger partial charge is 0.119 e. The first kappa shape index (κ1) is 13.4. The minimum atomic E-state index is 0.524. The Labute approximate surface area is 117 Å². The summed E-state index contributed by atoms with van der Waals surface area (Å²) >= 11 is 5.79. The van der Waals surface area contributed by atoms with Crippen molar-refractivity contribution in [3.63, 3.8) is 0 Å². The minimum Gasteiger partial charge on any atom is -0.492 e. The lowest BCUT2D eigenvalue weighted by Gasteiger charge is -2.11. The summed E-state index contributed by atoms with van der Waals surface area (Å²) in [6.07, 6.45) is 0. The molecule has 5 heteroatoms. The molecule has 0 spiro atoms. The first-order valence-corrected chi connectivity index (χ1v) is 6.30. The summed E-state index contributed by atoms with van der Waals surface area (Å²) in [5.74, 6) is 0.784. The third-order valence-electron chi connectivity index (χ3n) is 2.58. The van der Waals surface area contributed by atoms with Crippen molar-refractivity contribution in [3.05, 3.63) is 47.5 Å². The van der Waals surface area contributed by atoms with Crippen molar-refractivity contribution in [1.29, 1.82) is 0 Å². The van der Waals surface area contributed by atoms with Crippen LogP contribution in [0.2, 0.25) is 5.02 Å². The summed E-state index contributed by atoms with van der Waals surface area (Å²) in [5, 5.41) is 3.87. The van der Waals surface area contributed by atoms with Crippen LogP contribution in [0, 0.1) is 0 Å². The summed E-state index contributed by atoms with van der Waals surface area (Å²) in [5.41, 5.74) is 13.7. The van der Waals surface area contributed by atoms with Gasteiger partial charge in [-0.25, -0.2) is 0 Å². The lowest BCUT2D eigenvalue weighted by molar-refractivity contribution is 0.333. The van der Waals surface area contributed by atoms with Crippen LogP contribution in [0.15, 0.2) is 42.5 Å². The van der Waals surface area contributed by atoms with Gasteiger partial charge >= 0.3 is 0 Å². The summed E-state index contributed by atoms with van der Waals surface area (Å²) in [6, 6.07) is 12.6. The number of anilines is 3. The first-order valence-electron chi connectivity index (χ1n) is 5.92. The predicted octanol–water partition coefficient (Wildman–Crippen LogP) is 3.00. The van der Waals surface area contributed by atoms with Gasteiger partial charge in [-0.3, -0.25) is 0 Å². The number of halogens is 1. The molecule has 0 unspecified atom stereocenters. The van der Waals surface area contributed by atoms with E-state index in [9.17, 15) is 0 Å². The zero-order chi connectivity index (χ0) is 13.7. The molecule has 0 aliphatic heterocycles. The Bertz CT molecular complexity index is 543. The van der Waals surface area contributed by atoms with Crippen LogP contribution in [0.5, 0.6) is 5.75 Å². The van der Waals surface area contributed by atoms with Crippen LogP contribution in [0.3, 0.4) is 0 Å². The van der Waals surface area contributed by atoms with E-state index in [0.29, 0.717) is 29.5 Å². The molecule has 4 nitrogen and oxygen atoms in total. The van der Waals surface area contributed by atoms with Gasteiger partial charge in [-0.05, 0) is 42.5 Å². The van der Waals surface area contributed by atoms with E-state index >= 15 is 0 Å². The number of hydrogen-bond donors (Lipinski definition) is 3. The standard InChI is InChI=1S/C14H16ClN3O/c15-10-1-4-12(5-2-10)19-8-7-18-14-9-11(16)3-6-13(14)17/h1-6,9,18H,7-8,16-17H2. The SMILES string of the molecule is Nc1ccc(N)c(NCCOc2ccc(Cl)cc2)c1. The number of nitrogen functional groups attached to an aromatic ring is 2. The molecule has 0 aliphatic carbocycles. The molecular formula is C14H16ClN3O. The molecule has 0 saturated heterocycles. The fraction of sp³-hybridized carbons (Fsp3) is 0.143. The van der Waals surface area contributed by atoms with E-state index in [2.05, 4.69) is 5.32 Å². The third-order valence-corrected chi connectivity index (χ3v) is 2.83. The van der Waals surface area contributed by atoms with Gasteiger partial charge in [0.1, 0.15) is 12.4 Å². The van der Waals surface area contributed by atoms with Crippen molar-refractivity contribution in [2.24, 2.45) is 0 Å². The number of rotatable bonds is 5. The first-order chi connectivity index (χ1) is 9.15. The molecule has 19 heavy (non-hydrogen) atoms. The predicted molar refractivity (Wildman–Crippen MR) is 80.7 cm³/mol. The molecule has 0 fully saturated rings. The van der Waals surface area contributed by atoms with Gasteiger partial charge in [0.25, 0.3) is 0 Å². The van der Waals surface area contributed by atoms with E-state index in [-0.39, 0.29) is 0 Å². The molecule has 2 rings (SSSR count). The molecule has 0 heterocycles. The highest BCUT2D eigenvalue weighted by Crippen LogP contribution is 2.21. The highest BCUT2D eigenvalue weighted by atomic mass is 35.5. The van der Waals surface area contributed by atoms with Crippen molar-refractivity contribution < 1.29 is 4.74 Å². The van der Waals surface area contributed by atoms with Gasteiger partial charge in [-0.2, -0.15) is 0 Å². The van der Waals surface area contributed by atoms with Crippen molar-refractivity contribution in [3.8, 4) is 5.75 Å². The highest BCUT2D eigenvalue weighted by molar-refractivity contribution is 6.30. The lowest BCUT2D eigenvalue weighted by Crippen LogP contribution is -2.12. The molecule has 0 radical (unpaired) electrons. The van der Waals surface area contributed by atoms with E-state index in [1.807, 2.05) is 12.1 Å². The second-order valence-corrected chi connectivity index (χ2v) is 4.51. The van der Waals surface area contributed by atoms with Crippen LogP contribution < -0.4 is 21.5 Å². The maximum Gasteiger partial charge on any atom is 0.119 e. The van der Waals surface area contributed by atoms with Gasteiger partial charge in [0, 0.05) is 17.3 Å². The van der Waals surface area contributed by atoms with Crippen molar-refractivity contribution in [1.82, 2.24) is 0 Å². The quantitative estimate of drug-likeness (QED) is 0.580. The Morgan fingerprint density at radius 2 is 1.79 bits per heavy atom. The Hall–Kier alpha value is -2.07. The number of benzene rings is 2. The summed E-state index contributed by atoms with van der Waals surface area (Å²) < 4.78 is 5.56. The Morgan fingerprint density at radius 1 is 1.05 bits per heavy atom. The van der Waals surface area contributed by atoms with Gasteiger partial charge in [0.05, 0.1) is 11.4 Å². The maximum absolute atomic E-state index is 5.83. The zero-order valence-electron chi connectivity index (χ0n) is 10.4. The Morgan fingerprint density at radius 3 is 2.53 bits per heavy atom. The minimum absolute atomic E-state index is 0.524. The van der Waals surface area contributed by atoms with E-state index in [0.717, 1.165) is 11.4 Å². The van der Waals surface area contributed by atoms with Crippen molar-refractivity contribution in [2.45, 2.75) is 0 Å². The zero-order valence-corrected chi connectivity index (χ0v) is 11.2. The van der Waals surface area contributed by atoms with E-state index in [1.165, 1.54) is 0 Å². The number of ether oxygens (including phenoxy) is 1. The monoisotopic (exact) mass is 277 g/mol. The summed E-state index contributed by atoms with van der Waals surface area (Å²) in [6.45, 7) is 1.16. The molecule has 100 valence electrons. The van der Waals surface area contributed by atoms with Gasteiger partial charge < -0.3 is 21.5 Å². The Kier molecular flexibility index (Phi) is 4.36. The Balaban J connectivity index is 1.80. The van der Waals surface area contributed by atoms with E-state index in [4.69, 9.17) is 27.8 Å². The molecule has 2 aromatic carbocycles. The summed E-state index contributed by atoms with van der Waals surface area (Å²) in [7, 11) is 0. The summed E-state index contributed by atoms with van der Waals surface area (Å²) in [4.78, 5) is 0. The lowest BCUT2D eigenvalue weighted by atomic mass is 10.2. The molecule has 2 aromatic rings. The highest BCUT2D eigenvalue weighted by Gasteiger charge is 1.99. The van der Waals surface area contributed by atoms with Crippen LogP contribution in [-0.4, -0.2) is 13.2 Å². The second kappa shape index (κ2) is 6.20. The number of nitrogens with one attached hydrogen (secondary N) is 1. The normalized spacial score (nSPS) is 10.2. The van der Waals surface area contributed by atoms with Crippen LogP contribution in [0.25, 0.3) is 0 Å². The fourth-order valence-corrected chi connectivity index (χ4v) is 1.74. The van der Waals surface area contributed by atoms with Crippen molar-refractivity contribution in [2.75, 3.05) is 29.9 Å². The molecule has 5 N–H and O–H groups in total. The van der Waals surface area contributed by atoms with Crippen LogP contribution in [0.4, 0.5) is 17.1 Å². The van der Waals surface area contributed by atoms with Crippen LogP contribution in [-0.2, 0) is 0 Å². The van der Waals surface area contributed by atoms with Crippen LogP contribution >= 0.6 is 11.6 Å². The van der Waals surface area contributed by atoms with Gasteiger partial charge in [0.15, 0.2) is 0 Å². The third kappa shape index (κ3) is 3.96. The molecule has 0 bridgehead atoms. The average molecular weight is 278 g/mol. The topological polar surface area (TPSA) is 73.3 Å². The molecular weight excluding hydrogens is 262 g/mol. The molecule has 0 aliphatic rings. The van der Waals surface area contributed by atoms with E-state index < -0.39 is 0 Å². The molecule has 0 atom stereocenters. The molecule has 0 saturated carbocycles. The average Bonchev–Trinajstić information content (AvgIpc) is 2.40. The largest absolute Gasteiger partial charge is 0.492 e. The van der Waals surface area contributed by atoms with Crippen molar-refractivity contribution >= 4 is 28.7 Å². The number of nitrogens with two attached hydrogens (primary N) is 2. The molecule has 0 aromatic heterocycles.